The van der Waals surface area contributed by atoms with Gasteiger partial charge in [-0.1, -0.05) is 0 Å². The third-order valence-electron chi connectivity index (χ3n) is 4.31. The molecule has 0 unspecified atom stereocenters. The second kappa shape index (κ2) is 4.58. The van der Waals surface area contributed by atoms with E-state index in [2.05, 4.69) is 62.4 Å². The molecule has 22 heavy (non-hydrogen) atoms. The number of thiophene rings is 1. The first-order valence-electron chi connectivity index (χ1n) is 7.44. The van der Waals surface area contributed by atoms with Gasteiger partial charge < -0.3 is 0 Å². The van der Waals surface area contributed by atoms with Crippen molar-refractivity contribution < 1.29 is 0 Å². The Morgan fingerprint density at radius 2 is 1.27 bits per heavy atom. The van der Waals surface area contributed by atoms with Crippen LogP contribution in [-0.4, -0.2) is 20.4 Å². The van der Waals surface area contributed by atoms with E-state index in [1.165, 1.54) is 41.9 Å². The van der Waals surface area contributed by atoms with Crippen LogP contribution in [0.15, 0.2) is 48.5 Å². The Morgan fingerprint density at radius 1 is 0.636 bits per heavy atom. The molecule has 2 aromatic heterocycles. The monoisotopic (exact) mass is 416 g/mol. The van der Waals surface area contributed by atoms with E-state index < -0.39 is 0 Å². The minimum atomic E-state index is -0.108. The molecular formula is C20H14STe. The SMILES string of the molecule is Cc1cc2cc3cc4cc5[te]c(C)cc5cc4cc3cc2s1. The van der Waals surface area contributed by atoms with Crippen molar-refractivity contribution in [3.63, 3.8) is 0 Å². The summed E-state index contributed by atoms with van der Waals surface area (Å²) in [5, 5.41) is 8.32. The van der Waals surface area contributed by atoms with Gasteiger partial charge in [0.2, 0.25) is 0 Å². The van der Waals surface area contributed by atoms with Crippen LogP contribution in [0, 0.1) is 13.8 Å². The molecule has 0 radical (unpaired) electrons. The average molecular weight is 414 g/mol. The van der Waals surface area contributed by atoms with Crippen molar-refractivity contribution in [2.45, 2.75) is 13.8 Å². The van der Waals surface area contributed by atoms with Crippen LogP contribution in [0.4, 0.5) is 0 Å². The summed E-state index contributed by atoms with van der Waals surface area (Å²) in [6.45, 7) is 4.47. The summed E-state index contributed by atoms with van der Waals surface area (Å²) in [5.41, 5.74) is 0. The molecule has 0 nitrogen and oxygen atoms in total. The van der Waals surface area contributed by atoms with E-state index in [1.807, 2.05) is 11.3 Å². The number of hydrogen-bond acceptors (Lipinski definition) is 1. The zero-order valence-electron chi connectivity index (χ0n) is 12.4. The van der Waals surface area contributed by atoms with Gasteiger partial charge in [-0.2, -0.15) is 0 Å². The van der Waals surface area contributed by atoms with Gasteiger partial charge in [-0.3, -0.25) is 0 Å². The predicted molar refractivity (Wildman–Crippen MR) is 101 cm³/mol. The van der Waals surface area contributed by atoms with Crippen molar-refractivity contribution >= 4 is 72.2 Å². The molecule has 3 aromatic carbocycles. The molecule has 5 aromatic rings. The van der Waals surface area contributed by atoms with Gasteiger partial charge in [-0.15, -0.1) is 0 Å². The van der Waals surface area contributed by atoms with Gasteiger partial charge in [0, 0.05) is 0 Å². The number of aryl methyl sites for hydroxylation is 2. The zero-order chi connectivity index (χ0) is 14.8. The molecule has 2 heteroatoms. The fourth-order valence-corrected chi connectivity index (χ4v) is 7.02. The van der Waals surface area contributed by atoms with Gasteiger partial charge in [0.05, 0.1) is 0 Å². The summed E-state index contributed by atoms with van der Waals surface area (Å²) in [4.78, 5) is 1.39. The van der Waals surface area contributed by atoms with E-state index in [0.717, 1.165) is 0 Å². The van der Waals surface area contributed by atoms with E-state index in [9.17, 15) is 0 Å². The number of hydrogen-bond donors (Lipinski definition) is 0. The second-order valence-electron chi connectivity index (χ2n) is 6.04. The van der Waals surface area contributed by atoms with E-state index in [0.29, 0.717) is 0 Å². The number of benzene rings is 3. The maximum atomic E-state index is 2.43. The summed E-state index contributed by atoms with van der Waals surface area (Å²) >= 11 is 1.78. The standard InChI is InChI=1S/C20H14STe/c1-11-3-17-7-13-6-16-10-20-18(4-12(2)22-20)8-14(16)5-15(13)9-19(17)21-11/h3-10H,1-2H3. The Bertz CT molecular complexity index is 1010. The van der Waals surface area contributed by atoms with Crippen LogP contribution in [0.1, 0.15) is 8.46 Å². The van der Waals surface area contributed by atoms with Crippen LogP contribution >= 0.6 is 11.3 Å². The van der Waals surface area contributed by atoms with Crippen molar-refractivity contribution in [1.82, 2.24) is 0 Å². The molecule has 0 spiro atoms. The summed E-state index contributed by atoms with van der Waals surface area (Å²) in [6.07, 6.45) is 0. The van der Waals surface area contributed by atoms with E-state index in [1.54, 1.807) is 6.98 Å². The van der Waals surface area contributed by atoms with E-state index in [4.69, 9.17) is 0 Å². The van der Waals surface area contributed by atoms with E-state index >= 15 is 0 Å². The summed E-state index contributed by atoms with van der Waals surface area (Å²) < 4.78 is 4.59. The topological polar surface area (TPSA) is 0 Å². The first-order chi connectivity index (χ1) is 10.7. The van der Waals surface area contributed by atoms with Gasteiger partial charge in [0.1, 0.15) is 0 Å². The number of rotatable bonds is 0. The Kier molecular flexibility index (Phi) is 2.74. The minimum absolute atomic E-state index is 0.108. The molecule has 0 saturated heterocycles. The van der Waals surface area contributed by atoms with Crippen LogP contribution < -0.4 is 0 Å². The fraction of sp³-hybridized carbons (Fsp3) is 0.100. The predicted octanol–water partition coefficient (Wildman–Crippen LogP) is 6.03. The number of fused-ring (bicyclic) bond motifs is 4. The molecule has 0 saturated carbocycles. The van der Waals surface area contributed by atoms with Crippen LogP contribution in [0.2, 0.25) is 0 Å². The van der Waals surface area contributed by atoms with Crippen molar-refractivity contribution in [3.8, 4) is 0 Å². The normalized spacial score (nSPS) is 12.1. The Labute approximate surface area is 142 Å². The Morgan fingerprint density at radius 3 is 2.09 bits per heavy atom. The van der Waals surface area contributed by atoms with Crippen molar-refractivity contribution in [2.24, 2.45) is 0 Å². The molecule has 0 bridgehead atoms. The van der Waals surface area contributed by atoms with E-state index in [-0.39, 0.29) is 20.4 Å². The van der Waals surface area contributed by atoms with Crippen LogP contribution in [0.3, 0.4) is 0 Å². The van der Waals surface area contributed by atoms with Crippen molar-refractivity contribution in [2.75, 3.05) is 0 Å². The molecule has 0 aliphatic carbocycles. The average Bonchev–Trinajstić information content (AvgIpc) is 2.99. The van der Waals surface area contributed by atoms with Gasteiger partial charge in [-0.05, 0) is 0 Å². The van der Waals surface area contributed by atoms with Gasteiger partial charge in [0.15, 0.2) is 0 Å². The van der Waals surface area contributed by atoms with Gasteiger partial charge in [0.25, 0.3) is 0 Å². The molecule has 2 heterocycles. The van der Waals surface area contributed by atoms with Crippen LogP contribution in [0.5, 0.6) is 0 Å². The first-order valence-corrected chi connectivity index (χ1v) is 10.6. The molecule has 0 N–H and O–H groups in total. The molecule has 0 atom stereocenters. The first kappa shape index (κ1) is 13.1. The van der Waals surface area contributed by atoms with Crippen molar-refractivity contribution in [3.05, 3.63) is 57.0 Å². The molecule has 0 aliphatic heterocycles. The third kappa shape index (κ3) is 1.95. The third-order valence-corrected chi connectivity index (χ3v) is 8.22. The fourth-order valence-electron chi connectivity index (χ4n) is 3.34. The van der Waals surface area contributed by atoms with Crippen LogP contribution in [0.25, 0.3) is 40.4 Å². The molecule has 0 amide bonds. The second-order valence-corrected chi connectivity index (χ2v) is 11.0. The van der Waals surface area contributed by atoms with Crippen LogP contribution in [-0.2, 0) is 0 Å². The summed E-state index contributed by atoms with van der Waals surface area (Å²) in [6, 6.07) is 18.9. The summed E-state index contributed by atoms with van der Waals surface area (Å²) in [5.74, 6) is 0. The van der Waals surface area contributed by atoms with Crippen molar-refractivity contribution in [1.29, 1.82) is 0 Å². The molecular weight excluding hydrogens is 400 g/mol. The molecule has 5 rings (SSSR count). The molecule has 0 aliphatic rings. The molecule has 106 valence electrons. The van der Waals surface area contributed by atoms with Gasteiger partial charge >= 0.3 is 143 Å². The maximum absolute atomic E-state index is 2.43. The Balaban J connectivity index is 1.92. The van der Waals surface area contributed by atoms with Gasteiger partial charge in [-0.25, -0.2) is 0 Å². The molecule has 0 fully saturated rings. The zero-order valence-corrected chi connectivity index (χ0v) is 15.6. The Hall–Kier alpha value is -1.33. The quantitative estimate of drug-likeness (QED) is 0.214. The summed E-state index contributed by atoms with van der Waals surface area (Å²) in [7, 11) is 0.